The monoisotopic (exact) mass is 366 g/mol. The molecule has 0 saturated heterocycles. The van der Waals surface area contributed by atoms with Gasteiger partial charge in [-0.3, -0.25) is 4.79 Å². The van der Waals surface area contributed by atoms with Gasteiger partial charge in [0.15, 0.2) is 5.13 Å². The van der Waals surface area contributed by atoms with Gasteiger partial charge in [-0.1, -0.05) is 12.1 Å². The fraction of sp³-hybridized carbons (Fsp3) is 0.105. The lowest BCUT2D eigenvalue weighted by atomic mass is 10.2. The number of anilines is 1. The number of hydrogen-bond acceptors (Lipinski definition) is 4. The molecule has 4 rings (SSSR count). The normalized spacial score (nSPS) is 11.0. The highest BCUT2D eigenvalue weighted by molar-refractivity contribution is 7.14. The summed E-state index contributed by atoms with van der Waals surface area (Å²) >= 11 is 1.34. The van der Waals surface area contributed by atoms with Gasteiger partial charge in [0, 0.05) is 10.9 Å². The Hall–Kier alpha value is -3.06. The molecule has 0 saturated carbocycles. The summed E-state index contributed by atoms with van der Waals surface area (Å²) in [6.45, 7) is 2.04. The molecule has 1 amide bonds. The number of nitrogens with zero attached hydrogens (tertiary/aromatic N) is 3. The van der Waals surface area contributed by atoms with E-state index in [0.717, 1.165) is 22.4 Å². The fourth-order valence-corrected chi connectivity index (χ4v) is 3.52. The number of carbonyl (C=O) groups excluding carboxylic acids is 1. The zero-order valence-electron chi connectivity index (χ0n) is 13.9. The topological polar surface area (TPSA) is 59.8 Å². The summed E-state index contributed by atoms with van der Waals surface area (Å²) in [4.78, 5) is 21.3. The van der Waals surface area contributed by atoms with Crippen LogP contribution < -0.4 is 5.32 Å². The number of aromatic nitrogens is 3. The molecule has 4 aromatic rings. The van der Waals surface area contributed by atoms with Crippen molar-refractivity contribution in [3.05, 3.63) is 65.6 Å². The Morgan fingerprint density at radius 3 is 2.73 bits per heavy atom. The largest absolute Gasteiger partial charge is 0.319 e. The number of aryl methyl sites for hydroxylation is 1. The van der Waals surface area contributed by atoms with Gasteiger partial charge < -0.3 is 9.88 Å². The van der Waals surface area contributed by atoms with Crippen molar-refractivity contribution in [2.45, 2.75) is 13.5 Å². The lowest BCUT2D eigenvalue weighted by Crippen LogP contribution is -2.19. The predicted octanol–water partition coefficient (Wildman–Crippen LogP) is 4.25. The number of fused-ring (bicyclic) bond motifs is 1. The minimum Gasteiger partial charge on any atom is -0.319 e. The molecule has 0 radical (unpaired) electrons. The lowest BCUT2D eigenvalue weighted by molar-refractivity contribution is -0.116. The van der Waals surface area contributed by atoms with Crippen LogP contribution in [0.2, 0.25) is 0 Å². The van der Waals surface area contributed by atoms with Gasteiger partial charge in [0.1, 0.15) is 18.2 Å². The number of amides is 1. The minimum atomic E-state index is -0.291. The minimum absolute atomic E-state index is 0.164. The Morgan fingerprint density at radius 2 is 1.92 bits per heavy atom. The Bertz CT molecular complexity index is 1080. The van der Waals surface area contributed by atoms with E-state index >= 15 is 0 Å². The maximum Gasteiger partial charge on any atom is 0.246 e. The molecule has 130 valence electrons. The number of carbonyl (C=O) groups is 1. The van der Waals surface area contributed by atoms with E-state index < -0.39 is 0 Å². The standard InChI is InChI=1S/C19H15FN4OS/c1-12-21-15-4-2-3-5-17(15)24(12)10-18(25)23-19-22-16(11-26-19)13-6-8-14(20)9-7-13/h2-9,11H,10H2,1H3,(H,22,23,25). The number of benzene rings is 2. The van der Waals surface area contributed by atoms with Gasteiger partial charge in [0.05, 0.1) is 16.7 Å². The van der Waals surface area contributed by atoms with E-state index in [2.05, 4.69) is 15.3 Å². The first kappa shape index (κ1) is 16.4. The molecule has 1 N–H and O–H groups in total. The van der Waals surface area contributed by atoms with Gasteiger partial charge in [-0.05, 0) is 43.3 Å². The van der Waals surface area contributed by atoms with Crippen molar-refractivity contribution in [2.75, 3.05) is 5.32 Å². The molecule has 2 aromatic carbocycles. The third kappa shape index (κ3) is 3.21. The first-order chi connectivity index (χ1) is 12.6. The molecule has 0 atom stereocenters. The molecule has 0 aliphatic heterocycles. The maximum absolute atomic E-state index is 13.0. The smallest absolute Gasteiger partial charge is 0.246 e. The van der Waals surface area contributed by atoms with Gasteiger partial charge in [0.2, 0.25) is 5.91 Å². The summed E-state index contributed by atoms with van der Waals surface area (Å²) in [5.41, 5.74) is 3.30. The third-order valence-corrected chi connectivity index (χ3v) is 4.80. The average Bonchev–Trinajstić information content (AvgIpc) is 3.21. The summed E-state index contributed by atoms with van der Waals surface area (Å²) in [7, 11) is 0. The van der Waals surface area contributed by atoms with Gasteiger partial charge in [-0.15, -0.1) is 11.3 Å². The van der Waals surface area contributed by atoms with Crippen molar-refractivity contribution in [1.29, 1.82) is 0 Å². The van der Waals surface area contributed by atoms with Crippen molar-refractivity contribution in [3.8, 4) is 11.3 Å². The van der Waals surface area contributed by atoms with E-state index in [-0.39, 0.29) is 18.3 Å². The van der Waals surface area contributed by atoms with Crippen molar-refractivity contribution >= 4 is 33.4 Å². The number of nitrogens with one attached hydrogen (secondary N) is 1. The summed E-state index contributed by atoms with van der Waals surface area (Å²) < 4.78 is 14.9. The number of thiazole rings is 1. The van der Waals surface area contributed by atoms with E-state index in [1.54, 1.807) is 12.1 Å². The highest BCUT2D eigenvalue weighted by Gasteiger charge is 2.12. The fourth-order valence-electron chi connectivity index (χ4n) is 2.78. The molecule has 2 aromatic heterocycles. The van der Waals surface area contributed by atoms with E-state index in [9.17, 15) is 9.18 Å². The molecule has 5 nitrogen and oxygen atoms in total. The zero-order chi connectivity index (χ0) is 18.1. The number of imidazole rings is 1. The molecule has 0 fully saturated rings. The molecular weight excluding hydrogens is 351 g/mol. The molecule has 0 spiro atoms. The molecule has 2 heterocycles. The highest BCUT2D eigenvalue weighted by atomic mass is 32.1. The molecule has 7 heteroatoms. The van der Waals surface area contributed by atoms with Crippen LogP contribution in [0.5, 0.6) is 0 Å². The second-order valence-corrected chi connectivity index (χ2v) is 6.68. The van der Waals surface area contributed by atoms with Crippen LogP contribution in [0.15, 0.2) is 53.9 Å². The number of rotatable bonds is 4. The van der Waals surface area contributed by atoms with E-state index in [4.69, 9.17) is 0 Å². The first-order valence-electron chi connectivity index (χ1n) is 8.03. The van der Waals surface area contributed by atoms with Crippen LogP contribution in [0.1, 0.15) is 5.82 Å². The molecule has 0 bridgehead atoms. The SMILES string of the molecule is Cc1nc2ccccc2n1CC(=O)Nc1nc(-c2ccc(F)cc2)cs1. The van der Waals surface area contributed by atoms with Crippen LogP contribution in [-0.4, -0.2) is 20.4 Å². The Balaban J connectivity index is 1.50. The maximum atomic E-state index is 13.0. The Kier molecular flexibility index (Phi) is 4.22. The quantitative estimate of drug-likeness (QED) is 0.587. The van der Waals surface area contributed by atoms with Crippen molar-refractivity contribution in [1.82, 2.24) is 14.5 Å². The molecule has 0 aliphatic rings. The van der Waals surface area contributed by atoms with Crippen LogP contribution >= 0.6 is 11.3 Å². The van der Waals surface area contributed by atoms with Crippen LogP contribution in [0.4, 0.5) is 9.52 Å². The second-order valence-electron chi connectivity index (χ2n) is 5.83. The molecule has 26 heavy (non-hydrogen) atoms. The highest BCUT2D eigenvalue weighted by Crippen LogP contribution is 2.25. The number of para-hydroxylation sites is 2. The zero-order valence-corrected chi connectivity index (χ0v) is 14.8. The molecule has 0 unspecified atom stereocenters. The number of hydrogen-bond donors (Lipinski definition) is 1. The summed E-state index contributed by atoms with van der Waals surface area (Å²) in [6, 6.07) is 13.8. The van der Waals surface area contributed by atoms with Crippen molar-refractivity contribution < 1.29 is 9.18 Å². The van der Waals surface area contributed by atoms with Gasteiger partial charge in [-0.2, -0.15) is 0 Å². The van der Waals surface area contributed by atoms with Gasteiger partial charge in [0.25, 0.3) is 0 Å². The first-order valence-corrected chi connectivity index (χ1v) is 8.91. The van der Waals surface area contributed by atoms with Crippen LogP contribution in [-0.2, 0) is 11.3 Å². The number of halogens is 1. The predicted molar refractivity (Wildman–Crippen MR) is 101 cm³/mol. The van der Waals surface area contributed by atoms with Gasteiger partial charge >= 0.3 is 0 Å². The third-order valence-electron chi connectivity index (χ3n) is 4.04. The van der Waals surface area contributed by atoms with Crippen molar-refractivity contribution in [2.24, 2.45) is 0 Å². The lowest BCUT2D eigenvalue weighted by Gasteiger charge is -2.06. The van der Waals surface area contributed by atoms with Crippen LogP contribution in [0, 0.1) is 12.7 Å². The average molecular weight is 366 g/mol. The van der Waals surface area contributed by atoms with Crippen LogP contribution in [0.25, 0.3) is 22.3 Å². The van der Waals surface area contributed by atoms with Crippen LogP contribution in [0.3, 0.4) is 0 Å². The Morgan fingerprint density at radius 1 is 1.15 bits per heavy atom. The van der Waals surface area contributed by atoms with E-state index in [1.807, 2.05) is 41.1 Å². The summed E-state index contributed by atoms with van der Waals surface area (Å²) in [6.07, 6.45) is 0. The van der Waals surface area contributed by atoms with Crippen molar-refractivity contribution in [3.63, 3.8) is 0 Å². The molecule has 0 aliphatic carbocycles. The van der Waals surface area contributed by atoms with E-state index in [1.165, 1.54) is 23.5 Å². The summed E-state index contributed by atoms with van der Waals surface area (Å²) in [5.74, 6) is 0.323. The van der Waals surface area contributed by atoms with Gasteiger partial charge in [-0.25, -0.2) is 14.4 Å². The molecular formula is C19H15FN4OS. The second kappa shape index (κ2) is 6.68. The summed E-state index contributed by atoms with van der Waals surface area (Å²) in [5, 5.41) is 5.16. The Labute approximate surface area is 153 Å². The van der Waals surface area contributed by atoms with E-state index in [0.29, 0.717) is 10.8 Å².